The van der Waals surface area contributed by atoms with Crippen LogP contribution in [0, 0.1) is 0 Å². The molecule has 1 atom stereocenters. The van der Waals surface area contributed by atoms with E-state index in [4.69, 9.17) is 9.47 Å². The number of allylic oxidation sites excluding steroid dienone is 1. The molecule has 176 valence electrons. The minimum Gasteiger partial charge on any atom is -0.504 e. The fourth-order valence-electron chi connectivity index (χ4n) is 3.85. The molecule has 0 saturated heterocycles. The van der Waals surface area contributed by atoms with Crippen LogP contribution in [-0.2, 0) is 9.53 Å². The number of aromatic nitrogens is 1. The average Bonchev–Trinajstić information content (AvgIpc) is 3.11. The lowest BCUT2D eigenvalue weighted by Crippen LogP contribution is -2.39. The summed E-state index contributed by atoms with van der Waals surface area (Å²) in [6.07, 6.45) is 1.61. The van der Waals surface area contributed by atoms with Crippen LogP contribution in [0.1, 0.15) is 37.9 Å². The summed E-state index contributed by atoms with van der Waals surface area (Å²) in [7, 11) is 0. The van der Waals surface area contributed by atoms with Crippen LogP contribution in [-0.4, -0.2) is 28.9 Å². The smallest absolute Gasteiger partial charge is 0.338 e. The first-order valence-electron chi connectivity index (χ1n) is 10.8. The van der Waals surface area contributed by atoms with Gasteiger partial charge in [-0.05, 0) is 44.5 Å². The Morgan fingerprint density at radius 3 is 2.65 bits per heavy atom. The number of rotatable bonds is 6. The number of hydrogen-bond acceptors (Lipinski definition) is 7. The monoisotopic (exact) mass is 542 g/mol. The molecule has 0 bridgehead atoms. The van der Waals surface area contributed by atoms with Gasteiger partial charge in [-0.25, -0.2) is 9.79 Å². The number of fused-ring (bicyclic) bond motifs is 1. The lowest BCUT2D eigenvalue weighted by molar-refractivity contribution is -0.139. The molecular weight excluding hydrogens is 520 g/mol. The standard InChI is InChI=1S/C25H23BrN2O5S/c1-4-32-18-13-17(26)11-16(22(18)29)12-19-23(30)28-21(15-9-7-6-8-10-15)20(24(31)33-5-2)14(3)27-25(28)34-19/h6-13,21,29H,4-5H2,1-3H3/b19-12-. The Hall–Kier alpha value is -3.17. The Labute approximate surface area is 208 Å². The molecule has 0 aliphatic carbocycles. The number of hydrogen-bond donors (Lipinski definition) is 1. The van der Waals surface area contributed by atoms with E-state index >= 15 is 0 Å². The Morgan fingerprint density at radius 1 is 1.24 bits per heavy atom. The highest BCUT2D eigenvalue weighted by Gasteiger charge is 2.33. The number of benzene rings is 2. The molecule has 9 heteroatoms. The second-order valence-electron chi connectivity index (χ2n) is 7.49. The van der Waals surface area contributed by atoms with E-state index in [0.717, 1.165) is 5.56 Å². The summed E-state index contributed by atoms with van der Waals surface area (Å²) in [5, 5.41) is 10.7. The van der Waals surface area contributed by atoms with Crippen molar-refractivity contribution in [1.82, 2.24) is 4.57 Å². The van der Waals surface area contributed by atoms with Gasteiger partial charge in [-0.15, -0.1) is 0 Å². The molecule has 1 unspecified atom stereocenters. The third-order valence-corrected chi connectivity index (χ3v) is 6.73. The summed E-state index contributed by atoms with van der Waals surface area (Å²) in [5.41, 5.74) is 1.72. The van der Waals surface area contributed by atoms with Crippen LogP contribution in [0.4, 0.5) is 0 Å². The Balaban J connectivity index is 1.95. The summed E-state index contributed by atoms with van der Waals surface area (Å²) in [4.78, 5) is 31.5. The lowest BCUT2D eigenvalue weighted by Gasteiger charge is -2.24. The van der Waals surface area contributed by atoms with E-state index < -0.39 is 12.0 Å². The first kappa shape index (κ1) is 24.0. The minimum atomic E-state index is -0.672. The molecular formula is C25H23BrN2O5S. The van der Waals surface area contributed by atoms with Gasteiger partial charge in [0.15, 0.2) is 16.3 Å². The largest absolute Gasteiger partial charge is 0.504 e. The molecule has 0 radical (unpaired) electrons. The first-order chi connectivity index (χ1) is 16.3. The van der Waals surface area contributed by atoms with Gasteiger partial charge in [0.2, 0.25) is 0 Å². The second kappa shape index (κ2) is 9.99. The van der Waals surface area contributed by atoms with Gasteiger partial charge in [-0.1, -0.05) is 57.6 Å². The van der Waals surface area contributed by atoms with E-state index in [2.05, 4.69) is 20.9 Å². The van der Waals surface area contributed by atoms with Gasteiger partial charge in [0.05, 0.1) is 35.1 Å². The molecule has 2 heterocycles. The molecule has 1 aromatic heterocycles. The lowest BCUT2D eigenvalue weighted by atomic mass is 9.96. The predicted molar refractivity (Wildman–Crippen MR) is 134 cm³/mol. The number of halogens is 1. The van der Waals surface area contributed by atoms with Gasteiger partial charge in [-0.2, -0.15) is 0 Å². The summed E-state index contributed by atoms with van der Waals surface area (Å²) < 4.78 is 13.4. The molecule has 0 fully saturated rings. The van der Waals surface area contributed by atoms with Crippen LogP contribution in [0.2, 0.25) is 0 Å². The van der Waals surface area contributed by atoms with Crippen molar-refractivity contribution in [1.29, 1.82) is 0 Å². The predicted octanol–water partition coefficient (Wildman–Crippen LogP) is 3.67. The van der Waals surface area contributed by atoms with Crippen molar-refractivity contribution in [2.45, 2.75) is 26.8 Å². The Bertz CT molecular complexity index is 1460. The Kier molecular flexibility index (Phi) is 7.04. The quantitative estimate of drug-likeness (QED) is 0.480. The normalized spacial score (nSPS) is 15.6. The molecule has 1 N–H and O–H groups in total. The number of ether oxygens (including phenoxy) is 2. The van der Waals surface area contributed by atoms with Crippen molar-refractivity contribution in [3.05, 3.63) is 89.0 Å². The molecule has 2 aromatic carbocycles. The van der Waals surface area contributed by atoms with E-state index in [1.54, 1.807) is 32.1 Å². The van der Waals surface area contributed by atoms with Crippen molar-refractivity contribution in [2.75, 3.05) is 13.2 Å². The molecule has 0 saturated carbocycles. The van der Waals surface area contributed by atoms with Crippen LogP contribution in [0.15, 0.2) is 68.0 Å². The topological polar surface area (TPSA) is 90.1 Å². The van der Waals surface area contributed by atoms with Gasteiger partial charge >= 0.3 is 5.97 Å². The number of phenolic OH excluding ortho intramolecular Hbond substituents is 1. The van der Waals surface area contributed by atoms with Gasteiger partial charge in [0, 0.05) is 10.0 Å². The molecule has 1 aliphatic rings. The molecule has 0 amide bonds. The number of carbonyl (C=O) groups excluding carboxylic acids is 1. The summed E-state index contributed by atoms with van der Waals surface area (Å²) in [5.74, 6) is -0.240. The maximum absolute atomic E-state index is 13.6. The van der Waals surface area contributed by atoms with Crippen molar-refractivity contribution >= 4 is 39.3 Å². The van der Waals surface area contributed by atoms with Gasteiger partial charge in [-0.3, -0.25) is 9.36 Å². The van der Waals surface area contributed by atoms with E-state index in [9.17, 15) is 14.7 Å². The second-order valence-corrected chi connectivity index (χ2v) is 9.41. The zero-order valence-electron chi connectivity index (χ0n) is 18.9. The number of carbonyl (C=O) groups is 1. The van der Waals surface area contributed by atoms with E-state index in [1.165, 1.54) is 15.9 Å². The third kappa shape index (κ3) is 4.45. The number of thiazole rings is 1. The Morgan fingerprint density at radius 2 is 1.97 bits per heavy atom. The molecule has 4 rings (SSSR count). The van der Waals surface area contributed by atoms with E-state index in [-0.39, 0.29) is 17.9 Å². The summed E-state index contributed by atoms with van der Waals surface area (Å²) >= 11 is 4.62. The number of aromatic hydroxyl groups is 1. The maximum atomic E-state index is 13.6. The summed E-state index contributed by atoms with van der Waals surface area (Å²) in [6.45, 7) is 5.91. The maximum Gasteiger partial charge on any atom is 0.338 e. The van der Waals surface area contributed by atoms with Crippen molar-refractivity contribution in [2.24, 2.45) is 4.99 Å². The van der Waals surface area contributed by atoms with E-state index in [1.807, 2.05) is 37.3 Å². The van der Waals surface area contributed by atoms with Crippen molar-refractivity contribution in [3.8, 4) is 11.5 Å². The summed E-state index contributed by atoms with van der Waals surface area (Å²) in [6, 6.07) is 12.0. The van der Waals surface area contributed by atoms with Crippen LogP contribution >= 0.6 is 27.3 Å². The molecule has 3 aromatic rings. The van der Waals surface area contributed by atoms with E-state index in [0.29, 0.717) is 43.0 Å². The highest BCUT2D eigenvalue weighted by atomic mass is 79.9. The fourth-order valence-corrected chi connectivity index (χ4v) is 5.35. The van der Waals surface area contributed by atoms with Gasteiger partial charge in [0.25, 0.3) is 5.56 Å². The highest BCUT2D eigenvalue weighted by Crippen LogP contribution is 2.34. The molecule has 34 heavy (non-hydrogen) atoms. The third-order valence-electron chi connectivity index (χ3n) is 5.29. The SMILES string of the molecule is CCOC(=O)C1=C(C)N=c2s/c(=C\c3cc(Br)cc(OCC)c3O)c(=O)n2C1c1ccccc1. The van der Waals surface area contributed by atoms with Crippen molar-refractivity contribution < 1.29 is 19.4 Å². The van der Waals surface area contributed by atoms with Crippen LogP contribution < -0.4 is 19.6 Å². The first-order valence-corrected chi connectivity index (χ1v) is 12.4. The molecule has 7 nitrogen and oxygen atoms in total. The number of esters is 1. The van der Waals surface area contributed by atoms with Crippen molar-refractivity contribution in [3.63, 3.8) is 0 Å². The zero-order valence-corrected chi connectivity index (χ0v) is 21.3. The average molecular weight is 543 g/mol. The van der Waals surface area contributed by atoms with Gasteiger partial charge in [0.1, 0.15) is 0 Å². The van der Waals surface area contributed by atoms with Crippen LogP contribution in [0.5, 0.6) is 11.5 Å². The van der Waals surface area contributed by atoms with Crippen LogP contribution in [0.3, 0.4) is 0 Å². The molecule has 1 aliphatic heterocycles. The number of phenols is 1. The minimum absolute atomic E-state index is 0.0566. The molecule has 0 spiro atoms. The highest BCUT2D eigenvalue weighted by molar-refractivity contribution is 9.10. The van der Waals surface area contributed by atoms with Gasteiger partial charge < -0.3 is 14.6 Å². The number of nitrogens with zero attached hydrogens (tertiary/aromatic N) is 2. The fraction of sp³-hybridized carbons (Fsp3) is 0.240. The zero-order chi connectivity index (χ0) is 24.4. The van der Waals surface area contributed by atoms with Crippen LogP contribution in [0.25, 0.3) is 6.08 Å².